The van der Waals surface area contributed by atoms with E-state index in [0.29, 0.717) is 13.1 Å². The average molecular weight is 211 g/mol. The Hall–Kier alpha value is -1.32. The number of carbonyl (C=O) groups excluding carboxylic acids is 2. The number of methoxy groups -OCH3 is 1. The lowest BCUT2D eigenvalue weighted by Crippen LogP contribution is -2.34. The van der Waals surface area contributed by atoms with E-state index in [1.807, 2.05) is 0 Å². The van der Waals surface area contributed by atoms with Crippen LogP contribution in [0.15, 0.2) is 12.7 Å². The smallest absolute Gasteiger partial charge is 0.307 e. The molecule has 0 heterocycles. The van der Waals surface area contributed by atoms with Crippen molar-refractivity contribution in [2.45, 2.75) is 19.3 Å². The van der Waals surface area contributed by atoms with Crippen LogP contribution in [0, 0.1) is 5.92 Å². The van der Waals surface area contributed by atoms with Gasteiger partial charge in [-0.05, 0) is 12.8 Å². The van der Waals surface area contributed by atoms with Crippen LogP contribution < -0.4 is 0 Å². The maximum absolute atomic E-state index is 11.7. The minimum absolute atomic E-state index is 0.138. The van der Waals surface area contributed by atoms with Gasteiger partial charge in [-0.25, -0.2) is 0 Å². The predicted octanol–water partition coefficient (Wildman–Crippen LogP) is 0.974. The van der Waals surface area contributed by atoms with Crippen molar-refractivity contribution >= 4 is 11.9 Å². The molecule has 4 heteroatoms. The van der Waals surface area contributed by atoms with Crippen LogP contribution in [-0.4, -0.2) is 37.0 Å². The Morgan fingerprint density at radius 3 is 2.67 bits per heavy atom. The maximum Gasteiger partial charge on any atom is 0.307 e. The van der Waals surface area contributed by atoms with Gasteiger partial charge in [-0.1, -0.05) is 6.08 Å². The molecule has 0 aromatic carbocycles. The van der Waals surface area contributed by atoms with Crippen molar-refractivity contribution in [2.75, 3.05) is 20.2 Å². The van der Waals surface area contributed by atoms with Gasteiger partial charge in [0.1, 0.15) is 0 Å². The number of hydrogen-bond donors (Lipinski definition) is 0. The molecule has 1 aliphatic rings. The van der Waals surface area contributed by atoms with Gasteiger partial charge in [-0.2, -0.15) is 0 Å². The van der Waals surface area contributed by atoms with Gasteiger partial charge in [0.25, 0.3) is 0 Å². The monoisotopic (exact) mass is 211 g/mol. The molecule has 1 saturated carbocycles. The minimum Gasteiger partial charge on any atom is -0.469 e. The fourth-order valence-electron chi connectivity index (χ4n) is 1.36. The van der Waals surface area contributed by atoms with Gasteiger partial charge in [-0.3, -0.25) is 9.59 Å². The van der Waals surface area contributed by atoms with Crippen molar-refractivity contribution < 1.29 is 14.3 Å². The van der Waals surface area contributed by atoms with Gasteiger partial charge in [0, 0.05) is 19.0 Å². The van der Waals surface area contributed by atoms with E-state index in [2.05, 4.69) is 11.3 Å². The summed E-state index contributed by atoms with van der Waals surface area (Å²) in [6.07, 6.45) is 3.88. The van der Waals surface area contributed by atoms with Gasteiger partial charge in [0.05, 0.1) is 13.5 Å². The summed E-state index contributed by atoms with van der Waals surface area (Å²) < 4.78 is 4.53. The van der Waals surface area contributed by atoms with Gasteiger partial charge in [0.2, 0.25) is 5.91 Å². The van der Waals surface area contributed by atoms with E-state index in [0.717, 1.165) is 12.8 Å². The summed E-state index contributed by atoms with van der Waals surface area (Å²) in [7, 11) is 1.35. The van der Waals surface area contributed by atoms with Gasteiger partial charge in [-0.15, -0.1) is 6.58 Å². The third kappa shape index (κ3) is 3.73. The van der Waals surface area contributed by atoms with E-state index in [4.69, 9.17) is 0 Å². The molecule has 0 unspecified atom stereocenters. The highest BCUT2D eigenvalue weighted by Crippen LogP contribution is 2.30. The van der Waals surface area contributed by atoms with Crippen LogP contribution in [0.25, 0.3) is 0 Å². The molecule has 1 aliphatic carbocycles. The Morgan fingerprint density at radius 2 is 2.20 bits per heavy atom. The summed E-state index contributed by atoms with van der Waals surface area (Å²) in [5.41, 5.74) is 0. The molecule has 0 N–H and O–H groups in total. The molecule has 0 spiro atoms. The minimum atomic E-state index is -0.285. The summed E-state index contributed by atoms with van der Waals surface area (Å²) in [4.78, 5) is 24.3. The predicted molar refractivity (Wildman–Crippen MR) is 56.1 cm³/mol. The summed E-state index contributed by atoms with van der Waals surface area (Å²) >= 11 is 0. The first kappa shape index (κ1) is 11.8. The first-order valence-electron chi connectivity index (χ1n) is 5.15. The van der Waals surface area contributed by atoms with E-state index in [1.165, 1.54) is 7.11 Å². The highest BCUT2D eigenvalue weighted by atomic mass is 16.5. The van der Waals surface area contributed by atoms with E-state index >= 15 is 0 Å². The molecule has 1 fully saturated rings. The molecule has 15 heavy (non-hydrogen) atoms. The van der Waals surface area contributed by atoms with Gasteiger partial charge >= 0.3 is 5.97 Å². The molecular weight excluding hydrogens is 194 g/mol. The second-order valence-electron chi connectivity index (χ2n) is 3.67. The molecule has 0 aliphatic heterocycles. The zero-order chi connectivity index (χ0) is 11.3. The quantitative estimate of drug-likeness (QED) is 0.486. The molecule has 0 radical (unpaired) electrons. The Balaban J connectivity index is 2.38. The van der Waals surface area contributed by atoms with E-state index in [-0.39, 0.29) is 24.2 Å². The summed E-state index contributed by atoms with van der Waals surface area (Å²) in [6, 6.07) is 0. The van der Waals surface area contributed by atoms with Crippen LogP contribution in [0.1, 0.15) is 19.3 Å². The number of hydrogen-bond acceptors (Lipinski definition) is 3. The lowest BCUT2D eigenvalue weighted by molar-refractivity contribution is -0.141. The third-order valence-corrected chi connectivity index (χ3v) is 2.40. The number of amides is 1. The van der Waals surface area contributed by atoms with Crippen LogP contribution in [0.3, 0.4) is 0 Å². The van der Waals surface area contributed by atoms with Crippen molar-refractivity contribution in [3.05, 3.63) is 12.7 Å². The molecule has 0 aromatic heterocycles. The first-order chi connectivity index (χ1) is 7.19. The van der Waals surface area contributed by atoms with Crippen LogP contribution >= 0.6 is 0 Å². The van der Waals surface area contributed by atoms with Crippen molar-refractivity contribution in [3.63, 3.8) is 0 Å². The average Bonchev–Trinajstić information content (AvgIpc) is 3.06. The Kier molecular flexibility index (Phi) is 4.34. The lowest BCUT2D eigenvalue weighted by Gasteiger charge is -2.20. The number of ether oxygens (including phenoxy) is 1. The normalized spacial score (nSPS) is 14.5. The maximum atomic E-state index is 11.7. The number of carbonyl (C=O) groups is 2. The lowest BCUT2D eigenvalue weighted by atomic mass is 10.3. The summed E-state index contributed by atoms with van der Waals surface area (Å²) in [6.45, 7) is 4.53. The van der Waals surface area contributed by atoms with E-state index < -0.39 is 0 Å². The summed E-state index contributed by atoms with van der Waals surface area (Å²) in [5, 5.41) is 0. The largest absolute Gasteiger partial charge is 0.469 e. The number of nitrogens with zero attached hydrogens (tertiary/aromatic N) is 1. The molecule has 4 nitrogen and oxygen atoms in total. The first-order valence-corrected chi connectivity index (χ1v) is 5.15. The van der Waals surface area contributed by atoms with Crippen LogP contribution in [0.5, 0.6) is 0 Å². The highest BCUT2D eigenvalue weighted by Gasteiger charge is 2.32. The fourth-order valence-corrected chi connectivity index (χ4v) is 1.36. The third-order valence-electron chi connectivity index (χ3n) is 2.40. The Bertz CT molecular complexity index is 259. The van der Waals surface area contributed by atoms with E-state index in [1.54, 1.807) is 11.0 Å². The fraction of sp³-hybridized carbons (Fsp3) is 0.636. The Morgan fingerprint density at radius 1 is 1.53 bits per heavy atom. The SMILES string of the molecule is C=CCN(CCC(=O)OC)C(=O)C1CC1. The van der Waals surface area contributed by atoms with Crippen LogP contribution in [0.2, 0.25) is 0 Å². The second-order valence-corrected chi connectivity index (χ2v) is 3.67. The van der Waals surface area contributed by atoms with Crippen LogP contribution in [-0.2, 0) is 14.3 Å². The number of esters is 1. The number of rotatable bonds is 6. The van der Waals surface area contributed by atoms with Crippen molar-refractivity contribution in [1.82, 2.24) is 4.90 Å². The molecule has 0 saturated heterocycles. The molecule has 1 rings (SSSR count). The van der Waals surface area contributed by atoms with E-state index in [9.17, 15) is 9.59 Å². The molecule has 1 amide bonds. The molecule has 0 bridgehead atoms. The molecule has 0 atom stereocenters. The van der Waals surface area contributed by atoms with Gasteiger partial charge < -0.3 is 9.64 Å². The molecular formula is C11H17NO3. The van der Waals surface area contributed by atoms with Crippen molar-refractivity contribution in [2.24, 2.45) is 5.92 Å². The zero-order valence-corrected chi connectivity index (χ0v) is 9.07. The van der Waals surface area contributed by atoms with Crippen molar-refractivity contribution in [1.29, 1.82) is 0 Å². The molecule has 0 aromatic rings. The van der Waals surface area contributed by atoms with Crippen LogP contribution in [0.4, 0.5) is 0 Å². The van der Waals surface area contributed by atoms with Gasteiger partial charge in [0.15, 0.2) is 0 Å². The standard InChI is InChI=1S/C11H17NO3/c1-3-7-12(8-6-10(13)15-2)11(14)9-4-5-9/h3,9H,1,4-8H2,2H3. The highest BCUT2D eigenvalue weighted by molar-refractivity contribution is 5.81. The Labute approximate surface area is 89.9 Å². The zero-order valence-electron chi connectivity index (χ0n) is 9.07. The van der Waals surface area contributed by atoms with Crippen molar-refractivity contribution in [3.8, 4) is 0 Å². The molecule has 84 valence electrons. The summed E-state index contributed by atoms with van der Waals surface area (Å²) in [5.74, 6) is 0.0362. The second kappa shape index (κ2) is 5.53. The topological polar surface area (TPSA) is 46.6 Å².